The van der Waals surface area contributed by atoms with Crippen LogP contribution in [0.4, 0.5) is 5.69 Å². The first-order chi connectivity index (χ1) is 10.9. The molecule has 1 aromatic rings. The lowest BCUT2D eigenvalue weighted by Crippen LogP contribution is -2.21. The summed E-state index contributed by atoms with van der Waals surface area (Å²) in [5.74, 6) is -0.515. The lowest BCUT2D eigenvalue weighted by atomic mass is 10.1. The van der Waals surface area contributed by atoms with Crippen molar-refractivity contribution in [1.29, 1.82) is 0 Å². The average molecular weight is 320 g/mol. The van der Waals surface area contributed by atoms with Gasteiger partial charge in [0.1, 0.15) is 0 Å². The second-order valence-corrected chi connectivity index (χ2v) is 5.34. The van der Waals surface area contributed by atoms with Crippen LogP contribution in [0.15, 0.2) is 24.3 Å². The Morgan fingerprint density at radius 2 is 1.70 bits per heavy atom. The largest absolute Gasteiger partial charge is 0.466 e. The Hall–Kier alpha value is -2.37. The van der Waals surface area contributed by atoms with E-state index in [2.05, 4.69) is 5.32 Å². The first-order valence-electron chi connectivity index (χ1n) is 7.67. The summed E-state index contributed by atoms with van der Waals surface area (Å²) in [6.45, 7) is 2.05. The van der Waals surface area contributed by atoms with Gasteiger partial charge in [0.25, 0.3) is 0 Å². The van der Waals surface area contributed by atoms with Gasteiger partial charge >= 0.3 is 5.97 Å². The van der Waals surface area contributed by atoms with Crippen molar-refractivity contribution in [2.45, 2.75) is 32.6 Å². The van der Waals surface area contributed by atoms with Gasteiger partial charge in [0.15, 0.2) is 0 Å². The summed E-state index contributed by atoms with van der Waals surface area (Å²) in [6, 6.07) is 7.34. The number of rotatable bonds is 8. The van der Waals surface area contributed by atoms with Gasteiger partial charge in [-0.3, -0.25) is 14.4 Å². The molecule has 0 saturated carbocycles. The Morgan fingerprint density at radius 1 is 1.04 bits per heavy atom. The summed E-state index contributed by atoms with van der Waals surface area (Å²) in [5, 5.41) is 2.73. The van der Waals surface area contributed by atoms with E-state index in [9.17, 15) is 14.4 Å². The van der Waals surface area contributed by atoms with E-state index >= 15 is 0 Å². The molecule has 23 heavy (non-hydrogen) atoms. The molecule has 2 amide bonds. The standard InChI is InChI=1S/C17H24N2O4/c1-4-23-17(22)12-10-15(20)18-14-8-5-13(6-9-14)7-11-16(21)19(2)3/h5-6,8-9H,4,7,10-12H2,1-3H3,(H,18,20). The molecule has 0 radical (unpaired) electrons. The van der Waals surface area contributed by atoms with Gasteiger partial charge in [-0.05, 0) is 31.0 Å². The third kappa shape index (κ3) is 7.44. The summed E-state index contributed by atoms with van der Waals surface area (Å²) >= 11 is 0. The fourth-order valence-electron chi connectivity index (χ4n) is 1.90. The van der Waals surface area contributed by atoms with Crippen LogP contribution >= 0.6 is 0 Å². The number of hydrogen-bond acceptors (Lipinski definition) is 4. The van der Waals surface area contributed by atoms with Crippen molar-refractivity contribution >= 4 is 23.5 Å². The van der Waals surface area contributed by atoms with Crippen LogP contribution in [0.2, 0.25) is 0 Å². The molecule has 0 unspecified atom stereocenters. The molecule has 1 aromatic carbocycles. The van der Waals surface area contributed by atoms with Crippen molar-refractivity contribution in [2.75, 3.05) is 26.0 Å². The molecule has 0 aliphatic rings. The Bertz CT molecular complexity index is 538. The maximum absolute atomic E-state index is 11.7. The molecular formula is C17H24N2O4. The monoisotopic (exact) mass is 320 g/mol. The number of amides is 2. The predicted octanol–water partition coefficient (Wildman–Crippen LogP) is 1.99. The van der Waals surface area contributed by atoms with Crippen molar-refractivity contribution in [3.05, 3.63) is 29.8 Å². The third-order valence-electron chi connectivity index (χ3n) is 3.23. The van der Waals surface area contributed by atoms with Crippen LogP contribution < -0.4 is 5.32 Å². The number of anilines is 1. The molecule has 0 atom stereocenters. The minimum absolute atomic E-state index is 0.0738. The normalized spacial score (nSPS) is 10.0. The second kappa shape index (κ2) is 9.61. The van der Waals surface area contributed by atoms with Gasteiger partial charge in [0.2, 0.25) is 11.8 Å². The number of nitrogens with one attached hydrogen (secondary N) is 1. The van der Waals surface area contributed by atoms with Crippen LogP contribution in [0, 0.1) is 0 Å². The van der Waals surface area contributed by atoms with Crippen molar-refractivity contribution in [3.63, 3.8) is 0 Å². The van der Waals surface area contributed by atoms with Crippen molar-refractivity contribution in [1.82, 2.24) is 4.90 Å². The molecule has 6 heteroatoms. The summed E-state index contributed by atoms with van der Waals surface area (Å²) in [6.07, 6.45) is 1.29. The minimum atomic E-state index is -0.372. The average Bonchev–Trinajstić information content (AvgIpc) is 2.52. The van der Waals surface area contributed by atoms with Crippen molar-refractivity contribution in [2.24, 2.45) is 0 Å². The number of benzene rings is 1. The first-order valence-corrected chi connectivity index (χ1v) is 7.67. The van der Waals surface area contributed by atoms with E-state index in [0.29, 0.717) is 25.1 Å². The number of carbonyl (C=O) groups is 3. The SMILES string of the molecule is CCOC(=O)CCC(=O)Nc1ccc(CCC(=O)N(C)C)cc1. The molecule has 6 nitrogen and oxygen atoms in total. The van der Waals surface area contributed by atoms with Gasteiger partial charge in [0, 0.05) is 32.6 Å². The van der Waals surface area contributed by atoms with E-state index in [4.69, 9.17) is 4.74 Å². The number of ether oxygens (including phenoxy) is 1. The Balaban J connectivity index is 2.40. The van der Waals surface area contributed by atoms with Gasteiger partial charge in [-0.1, -0.05) is 12.1 Å². The fourth-order valence-corrected chi connectivity index (χ4v) is 1.90. The molecule has 0 aromatic heterocycles. The van der Waals surface area contributed by atoms with Crippen LogP contribution in [0.25, 0.3) is 0 Å². The first kappa shape index (κ1) is 18.7. The zero-order chi connectivity index (χ0) is 17.2. The quantitative estimate of drug-likeness (QED) is 0.743. The van der Waals surface area contributed by atoms with Crippen molar-refractivity contribution in [3.8, 4) is 0 Å². The number of aryl methyl sites for hydroxylation is 1. The number of nitrogens with zero attached hydrogens (tertiary/aromatic N) is 1. The predicted molar refractivity (Wildman–Crippen MR) is 88.0 cm³/mol. The van der Waals surface area contributed by atoms with Crippen LogP contribution in [-0.4, -0.2) is 43.4 Å². The molecule has 0 heterocycles. The molecule has 1 N–H and O–H groups in total. The number of carbonyl (C=O) groups excluding carboxylic acids is 3. The fraction of sp³-hybridized carbons (Fsp3) is 0.471. The lowest BCUT2D eigenvalue weighted by molar-refractivity contribution is -0.144. The molecule has 0 spiro atoms. The maximum Gasteiger partial charge on any atom is 0.306 e. The van der Waals surface area contributed by atoms with Gasteiger partial charge in [-0.15, -0.1) is 0 Å². The van der Waals surface area contributed by atoms with Crippen molar-refractivity contribution < 1.29 is 19.1 Å². The van der Waals surface area contributed by atoms with Gasteiger partial charge in [-0.2, -0.15) is 0 Å². The Labute approximate surface area is 136 Å². The molecule has 1 rings (SSSR count). The zero-order valence-electron chi connectivity index (χ0n) is 13.9. The Morgan fingerprint density at radius 3 is 2.26 bits per heavy atom. The highest BCUT2D eigenvalue weighted by atomic mass is 16.5. The zero-order valence-corrected chi connectivity index (χ0v) is 13.9. The van der Waals surface area contributed by atoms with Crippen LogP contribution in [-0.2, 0) is 25.5 Å². The summed E-state index contributed by atoms with van der Waals surface area (Å²) < 4.78 is 4.77. The highest BCUT2D eigenvalue weighted by Gasteiger charge is 2.08. The number of esters is 1. The molecule has 0 fully saturated rings. The summed E-state index contributed by atoms with van der Waals surface area (Å²) in [4.78, 5) is 36.0. The molecule has 0 aliphatic carbocycles. The van der Waals surface area contributed by atoms with Crippen LogP contribution in [0.1, 0.15) is 31.7 Å². The Kier molecular flexibility index (Phi) is 7.80. The molecule has 0 aliphatic heterocycles. The second-order valence-electron chi connectivity index (χ2n) is 5.34. The maximum atomic E-state index is 11.7. The van der Waals surface area contributed by atoms with Gasteiger partial charge < -0.3 is 15.0 Å². The van der Waals surface area contributed by atoms with E-state index in [-0.39, 0.29) is 30.6 Å². The van der Waals surface area contributed by atoms with E-state index in [0.717, 1.165) is 5.56 Å². The highest BCUT2D eigenvalue weighted by Crippen LogP contribution is 2.12. The summed E-state index contributed by atoms with van der Waals surface area (Å²) in [7, 11) is 3.47. The molecule has 126 valence electrons. The highest BCUT2D eigenvalue weighted by molar-refractivity contribution is 5.92. The molecular weight excluding hydrogens is 296 g/mol. The van der Waals surface area contributed by atoms with E-state index in [1.807, 2.05) is 12.1 Å². The molecule has 0 saturated heterocycles. The number of hydrogen-bond donors (Lipinski definition) is 1. The van der Waals surface area contributed by atoms with Crippen LogP contribution in [0.3, 0.4) is 0 Å². The van der Waals surface area contributed by atoms with Crippen LogP contribution in [0.5, 0.6) is 0 Å². The lowest BCUT2D eigenvalue weighted by Gasteiger charge is -2.10. The van der Waals surface area contributed by atoms with E-state index in [1.165, 1.54) is 0 Å². The molecule has 0 bridgehead atoms. The van der Waals surface area contributed by atoms with Gasteiger partial charge in [0.05, 0.1) is 13.0 Å². The van der Waals surface area contributed by atoms with E-state index < -0.39 is 0 Å². The van der Waals surface area contributed by atoms with Gasteiger partial charge in [-0.25, -0.2) is 0 Å². The van der Waals surface area contributed by atoms with E-state index in [1.54, 1.807) is 38.1 Å². The smallest absolute Gasteiger partial charge is 0.306 e. The third-order valence-corrected chi connectivity index (χ3v) is 3.23. The summed E-state index contributed by atoms with van der Waals surface area (Å²) in [5.41, 5.74) is 1.70. The minimum Gasteiger partial charge on any atom is -0.466 e. The topological polar surface area (TPSA) is 75.7 Å².